The molecule has 4 bridgehead atoms. The van der Waals surface area contributed by atoms with Gasteiger partial charge in [-0.2, -0.15) is 0 Å². The van der Waals surface area contributed by atoms with E-state index in [1.54, 1.807) is 78.8 Å². The Hall–Kier alpha value is -7.68. The number of nitrogens with one attached hydrogen (secondary N) is 8. The Bertz CT molecular complexity index is 2670. The van der Waals surface area contributed by atoms with E-state index in [-0.39, 0.29) is 43.8 Å². The average Bonchev–Trinajstić information content (AvgIpc) is 3.08. The lowest BCUT2D eigenvalue weighted by Gasteiger charge is -2.34. The van der Waals surface area contributed by atoms with Gasteiger partial charge >= 0.3 is 18.0 Å². The number of nitrogens with zero attached hydrogens (tertiary/aromatic N) is 1. The standard InChI is InChI=1S/C59H87N9O17/c1-13-33(4)45-52(75)67-48-39-20-22-40(23-21-39)84-37(8)59(81,31-60-26-17-27-61-57(80)85-58(9,10)11)25-24-43(70)62-29-44(71)82-30-41(56(79)83-36(7)47(54(77)64-45)66-50(73)34(5)49(72)32(2)3)63-53(76)46(35(6)69)65-51(74)42(68(12)55(48)78)28-38-18-15-14-16-19-38/h14-16,18-25,32-37,41-42,45-49,60,69,72,81H,13,17,26-31H2,1-12H3,(H,61,80)(H,62,70)(H,63,76)(H,64,77)(H,65,74)(H,66,73)(H,67,75)/t33-,34+,35+,36+,37+,41-,42-,45+,46+,47-,48-,49+,59-/m0/s1. The summed E-state index contributed by atoms with van der Waals surface area (Å²) in [7, 11) is 1.29. The monoisotopic (exact) mass is 1190 g/mol. The molecule has 26 nitrogen and oxygen atoms in total. The molecular weight excluding hydrogens is 1110 g/mol. The van der Waals surface area contributed by atoms with Crippen LogP contribution in [-0.4, -0.2) is 185 Å². The fourth-order valence-electron chi connectivity index (χ4n) is 8.95. The van der Waals surface area contributed by atoms with Gasteiger partial charge in [-0.1, -0.05) is 83.5 Å². The van der Waals surface area contributed by atoms with Crippen molar-refractivity contribution in [2.45, 2.75) is 167 Å². The van der Waals surface area contributed by atoms with Crippen molar-refractivity contribution in [2.75, 3.05) is 39.8 Å². The second-order valence-electron chi connectivity index (χ2n) is 22.9. The Balaban J connectivity index is 1.96. The van der Waals surface area contributed by atoms with Crippen LogP contribution in [0.15, 0.2) is 66.7 Å². The highest BCUT2D eigenvalue weighted by Crippen LogP contribution is 2.26. The minimum absolute atomic E-state index is 0.121. The predicted molar refractivity (Wildman–Crippen MR) is 308 cm³/mol. The van der Waals surface area contributed by atoms with E-state index in [0.717, 1.165) is 24.0 Å². The summed E-state index contributed by atoms with van der Waals surface area (Å²) >= 11 is 0. The largest absolute Gasteiger partial charge is 0.487 e. The van der Waals surface area contributed by atoms with Crippen molar-refractivity contribution in [3.05, 3.63) is 77.9 Å². The van der Waals surface area contributed by atoms with Crippen LogP contribution in [0.2, 0.25) is 0 Å². The van der Waals surface area contributed by atoms with E-state index >= 15 is 4.79 Å². The van der Waals surface area contributed by atoms with E-state index in [0.29, 0.717) is 12.0 Å². The molecule has 5 rings (SSSR count). The van der Waals surface area contributed by atoms with Crippen LogP contribution < -0.4 is 47.3 Å². The molecule has 1 saturated heterocycles. The molecular formula is C59H87N9O17. The van der Waals surface area contributed by atoms with Gasteiger partial charge in [0.05, 0.1) is 18.1 Å². The number of cyclic esters (lactones) is 1. The maximum Gasteiger partial charge on any atom is 0.407 e. The topological polar surface area (TPSA) is 368 Å². The molecule has 8 amide bonds. The third-order valence-corrected chi connectivity index (χ3v) is 14.5. The Kier molecular flexibility index (Phi) is 26.3. The number of aliphatic hydroxyl groups excluding tert-OH is 2. The lowest BCUT2D eigenvalue weighted by atomic mass is 9.93. The fourth-order valence-corrected chi connectivity index (χ4v) is 8.95. The van der Waals surface area contributed by atoms with Crippen molar-refractivity contribution < 1.29 is 82.2 Å². The van der Waals surface area contributed by atoms with Crippen LogP contribution in [-0.2, 0) is 63.8 Å². The number of aliphatic hydroxyl groups is 3. The lowest BCUT2D eigenvalue weighted by molar-refractivity contribution is -0.160. The van der Waals surface area contributed by atoms with Crippen LogP contribution in [0.5, 0.6) is 5.75 Å². The molecule has 11 N–H and O–H groups in total. The molecule has 3 aliphatic rings. The molecule has 1 fully saturated rings. The van der Waals surface area contributed by atoms with Crippen molar-refractivity contribution in [3.63, 3.8) is 0 Å². The molecule has 0 aliphatic carbocycles. The minimum Gasteiger partial charge on any atom is -0.487 e. The number of ether oxygens (including phenoxy) is 4. The van der Waals surface area contributed by atoms with E-state index in [1.807, 2.05) is 0 Å². The van der Waals surface area contributed by atoms with Gasteiger partial charge in [0.25, 0.3) is 0 Å². The van der Waals surface area contributed by atoms with Gasteiger partial charge in [0.2, 0.25) is 41.4 Å². The number of carbonyl (C=O) groups is 10. The SMILES string of the molecule is CC[C@H](C)[C@H]1NC(=O)[C@@H](NC(=O)[C@H](C)[C@H](O)C(C)C)[C@@H](C)OC(=O)[C@@H]2COC(=O)CNC(=O)C=C[C@](O)(CNCCCNC(=O)OC(C)(C)C)[C@@H](C)Oc3ccc(cc3)[C@H](NC1=O)C(=O)N(C)[C@@H](Cc1ccccc1)C(=O)N[C@H]([C@@H](C)O)C(=O)N2. The molecule has 3 heterocycles. The Labute approximate surface area is 496 Å². The molecule has 13 atom stereocenters. The molecule has 470 valence electrons. The van der Waals surface area contributed by atoms with E-state index in [2.05, 4.69) is 42.5 Å². The van der Waals surface area contributed by atoms with Crippen molar-refractivity contribution in [1.82, 2.24) is 47.4 Å². The van der Waals surface area contributed by atoms with E-state index in [9.17, 15) is 58.5 Å². The maximum absolute atomic E-state index is 15.3. The van der Waals surface area contributed by atoms with E-state index in [1.165, 1.54) is 52.1 Å². The molecule has 26 heteroatoms. The van der Waals surface area contributed by atoms with Crippen LogP contribution in [0.3, 0.4) is 0 Å². The predicted octanol–water partition coefficient (Wildman–Crippen LogP) is 0.110. The number of hydrogen-bond acceptors (Lipinski definition) is 18. The van der Waals surface area contributed by atoms with Crippen LogP contribution in [0, 0.1) is 17.8 Å². The minimum atomic E-state index is -2.00. The zero-order chi connectivity index (χ0) is 63.5. The van der Waals surface area contributed by atoms with Crippen molar-refractivity contribution in [3.8, 4) is 5.75 Å². The quantitative estimate of drug-likeness (QED) is 0.0640. The first-order valence-corrected chi connectivity index (χ1v) is 28.5. The smallest absolute Gasteiger partial charge is 0.407 e. The van der Waals surface area contributed by atoms with Crippen LogP contribution in [0.25, 0.3) is 0 Å². The van der Waals surface area contributed by atoms with Gasteiger partial charge in [0.1, 0.15) is 72.5 Å². The highest BCUT2D eigenvalue weighted by molar-refractivity contribution is 5.98. The number of carbonyl (C=O) groups excluding carboxylic acids is 10. The van der Waals surface area contributed by atoms with Crippen molar-refractivity contribution in [2.24, 2.45) is 17.8 Å². The third kappa shape index (κ3) is 21.1. The number of esters is 2. The number of alkyl carbamates (subject to hydrolysis) is 1. The molecule has 0 saturated carbocycles. The van der Waals surface area contributed by atoms with Crippen molar-refractivity contribution >= 4 is 59.4 Å². The Morgan fingerprint density at radius 1 is 0.824 bits per heavy atom. The average molecular weight is 1190 g/mol. The molecule has 3 aliphatic heterocycles. The number of likely N-dealkylation sites (N-methyl/N-ethyl adjacent to an activating group) is 1. The van der Waals surface area contributed by atoms with Gasteiger partial charge in [-0.3, -0.25) is 38.4 Å². The zero-order valence-corrected chi connectivity index (χ0v) is 50.5. The summed E-state index contributed by atoms with van der Waals surface area (Å²) in [5.74, 6) is -11.5. The number of amides is 8. The first-order valence-electron chi connectivity index (χ1n) is 28.5. The number of hydrogen-bond donors (Lipinski definition) is 11. The normalized spacial score (nSPS) is 26.0. The molecule has 0 radical (unpaired) electrons. The second-order valence-corrected chi connectivity index (χ2v) is 22.9. The summed E-state index contributed by atoms with van der Waals surface area (Å²) in [5, 5.41) is 55.1. The van der Waals surface area contributed by atoms with Gasteiger partial charge in [-0.15, -0.1) is 0 Å². The second kappa shape index (κ2) is 32.0. The molecule has 2 aromatic rings. The molecule has 0 aromatic heterocycles. The summed E-state index contributed by atoms with van der Waals surface area (Å²) in [4.78, 5) is 142. The number of fused-ring (bicyclic) bond motifs is 11. The van der Waals surface area contributed by atoms with Gasteiger partial charge in [0.15, 0.2) is 6.04 Å². The Morgan fingerprint density at radius 3 is 2.07 bits per heavy atom. The third-order valence-electron chi connectivity index (χ3n) is 14.5. The van der Waals surface area contributed by atoms with E-state index in [4.69, 9.17) is 18.9 Å². The van der Waals surface area contributed by atoms with Gasteiger partial charge in [0, 0.05) is 32.6 Å². The van der Waals surface area contributed by atoms with Gasteiger partial charge in [-0.05, 0) is 95.7 Å². The van der Waals surface area contributed by atoms with Crippen LogP contribution in [0.4, 0.5) is 4.79 Å². The summed E-state index contributed by atoms with van der Waals surface area (Å²) in [6.45, 7) is 15.6. The summed E-state index contributed by atoms with van der Waals surface area (Å²) in [6.07, 6.45) is -3.82. The molecule has 2 aromatic carbocycles. The molecule has 85 heavy (non-hydrogen) atoms. The molecule has 0 spiro atoms. The highest BCUT2D eigenvalue weighted by Gasteiger charge is 2.42. The van der Waals surface area contributed by atoms with Gasteiger partial charge in [-0.25, -0.2) is 9.59 Å². The van der Waals surface area contributed by atoms with E-state index < -0.39 is 162 Å². The number of benzene rings is 2. The fraction of sp³-hybridized carbons (Fsp3) is 0.593. The number of rotatable bonds is 15. The first kappa shape index (κ1) is 69.8. The molecule has 0 unspecified atom stereocenters. The zero-order valence-electron chi connectivity index (χ0n) is 50.5. The lowest BCUT2D eigenvalue weighted by Crippen LogP contribution is -2.61. The van der Waals surface area contributed by atoms with Crippen molar-refractivity contribution in [1.29, 1.82) is 0 Å². The summed E-state index contributed by atoms with van der Waals surface area (Å²) in [5.41, 5.74) is -2.03. The Morgan fingerprint density at radius 2 is 1.46 bits per heavy atom. The summed E-state index contributed by atoms with van der Waals surface area (Å²) in [6, 6.07) is 3.90. The van der Waals surface area contributed by atoms with Crippen LogP contribution in [0.1, 0.15) is 106 Å². The maximum atomic E-state index is 15.3. The highest BCUT2D eigenvalue weighted by atomic mass is 16.6. The first-order chi connectivity index (χ1) is 39.9. The summed E-state index contributed by atoms with van der Waals surface area (Å²) < 4.78 is 22.7. The van der Waals surface area contributed by atoms with Crippen LogP contribution >= 0.6 is 0 Å². The van der Waals surface area contributed by atoms with Gasteiger partial charge < -0.3 is 81.7 Å².